The number of carbonyl (C=O) groups excluding carboxylic acids is 1. The summed E-state index contributed by atoms with van der Waals surface area (Å²) in [6.45, 7) is 0.982. The van der Waals surface area contributed by atoms with Crippen molar-refractivity contribution in [3.8, 4) is 11.5 Å². The van der Waals surface area contributed by atoms with Crippen molar-refractivity contribution in [2.75, 3.05) is 6.61 Å². The van der Waals surface area contributed by atoms with Crippen molar-refractivity contribution in [3.05, 3.63) is 71.8 Å². The highest BCUT2D eigenvalue weighted by Crippen LogP contribution is 2.36. The Morgan fingerprint density at radius 1 is 1.20 bits per heavy atom. The Hall–Kier alpha value is -3.35. The first-order valence-corrected chi connectivity index (χ1v) is 7.84. The number of hydrogen-bond donors (Lipinski definition) is 1. The van der Waals surface area contributed by atoms with E-state index in [9.17, 15) is 4.79 Å². The SMILES string of the molecule is NC(=O)c1ccc2c(c1)OCC(c1ccn(Cc3ccncc3)n1)O2. The van der Waals surface area contributed by atoms with Crippen molar-refractivity contribution in [2.24, 2.45) is 5.73 Å². The molecule has 0 saturated carbocycles. The highest BCUT2D eigenvalue weighted by atomic mass is 16.6. The van der Waals surface area contributed by atoms with Crippen LogP contribution in [0.1, 0.15) is 27.7 Å². The molecule has 2 N–H and O–H groups in total. The van der Waals surface area contributed by atoms with Crippen molar-refractivity contribution in [1.29, 1.82) is 0 Å². The molecule has 7 nitrogen and oxygen atoms in total. The third-order valence-electron chi connectivity index (χ3n) is 3.97. The van der Waals surface area contributed by atoms with E-state index in [-0.39, 0.29) is 6.10 Å². The van der Waals surface area contributed by atoms with Gasteiger partial charge in [-0.2, -0.15) is 5.10 Å². The summed E-state index contributed by atoms with van der Waals surface area (Å²) in [5, 5.41) is 4.57. The van der Waals surface area contributed by atoms with Gasteiger partial charge in [0, 0.05) is 24.2 Å². The van der Waals surface area contributed by atoms with Crippen LogP contribution in [0.2, 0.25) is 0 Å². The predicted octanol–water partition coefficient (Wildman–Crippen LogP) is 1.94. The summed E-state index contributed by atoms with van der Waals surface area (Å²) < 4.78 is 13.5. The molecule has 0 fully saturated rings. The van der Waals surface area contributed by atoms with Crippen LogP contribution in [0, 0.1) is 0 Å². The van der Waals surface area contributed by atoms with E-state index in [1.807, 2.05) is 29.1 Å². The van der Waals surface area contributed by atoms with Crippen LogP contribution in [-0.4, -0.2) is 27.3 Å². The molecule has 0 spiro atoms. The smallest absolute Gasteiger partial charge is 0.248 e. The Bertz CT molecular complexity index is 908. The maximum atomic E-state index is 11.2. The van der Waals surface area contributed by atoms with E-state index in [0.717, 1.165) is 11.3 Å². The Labute approximate surface area is 144 Å². The zero-order valence-corrected chi connectivity index (χ0v) is 13.3. The Kier molecular flexibility index (Phi) is 3.81. The zero-order valence-electron chi connectivity index (χ0n) is 13.3. The van der Waals surface area contributed by atoms with E-state index in [2.05, 4.69) is 10.1 Å². The summed E-state index contributed by atoms with van der Waals surface area (Å²) in [5.41, 5.74) is 7.58. The number of fused-ring (bicyclic) bond motifs is 1. The van der Waals surface area contributed by atoms with Crippen LogP contribution in [0.5, 0.6) is 11.5 Å². The molecule has 1 aromatic carbocycles. The molecule has 0 aliphatic carbocycles. The number of nitrogens with zero attached hydrogens (tertiary/aromatic N) is 3. The lowest BCUT2D eigenvalue weighted by atomic mass is 10.1. The van der Waals surface area contributed by atoms with Crippen molar-refractivity contribution in [2.45, 2.75) is 12.6 Å². The summed E-state index contributed by atoms with van der Waals surface area (Å²) in [7, 11) is 0. The summed E-state index contributed by atoms with van der Waals surface area (Å²) in [6.07, 6.45) is 5.13. The fourth-order valence-corrected chi connectivity index (χ4v) is 2.68. The number of pyridine rings is 1. The van der Waals surface area contributed by atoms with Crippen molar-refractivity contribution in [1.82, 2.24) is 14.8 Å². The molecule has 1 unspecified atom stereocenters. The lowest BCUT2D eigenvalue weighted by molar-refractivity contribution is 0.0872. The van der Waals surface area contributed by atoms with Gasteiger partial charge < -0.3 is 15.2 Å². The van der Waals surface area contributed by atoms with Crippen LogP contribution >= 0.6 is 0 Å². The molecule has 1 aliphatic rings. The third kappa shape index (κ3) is 3.16. The molecule has 0 bridgehead atoms. The number of hydrogen-bond acceptors (Lipinski definition) is 5. The van der Waals surface area contributed by atoms with Crippen LogP contribution in [-0.2, 0) is 6.54 Å². The molecule has 0 saturated heterocycles. The Morgan fingerprint density at radius 2 is 2.04 bits per heavy atom. The standard InChI is InChI=1S/C18H16N4O3/c19-18(23)13-1-2-15-16(9-13)24-11-17(25-15)14-5-8-22(21-14)10-12-3-6-20-7-4-12/h1-9,17H,10-11H2,(H2,19,23). The zero-order chi connectivity index (χ0) is 17.2. The highest BCUT2D eigenvalue weighted by molar-refractivity contribution is 5.93. The second-order valence-corrected chi connectivity index (χ2v) is 5.74. The molecule has 1 atom stereocenters. The van der Waals surface area contributed by atoms with Crippen LogP contribution in [0.15, 0.2) is 55.0 Å². The van der Waals surface area contributed by atoms with E-state index >= 15 is 0 Å². The Balaban J connectivity index is 1.49. The van der Waals surface area contributed by atoms with Gasteiger partial charge in [0.25, 0.3) is 0 Å². The molecule has 25 heavy (non-hydrogen) atoms. The molecule has 1 aliphatic heterocycles. The largest absolute Gasteiger partial charge is 0.485 e. The first-order valence-electron chi connectivity index (χ1n) is 7.84. The molecule has 2 aromatic heterocycles. The van der Waals surface area contributed by atoms with Gasteiger partial charge >= 0.3 is 0 Å². The second kappa shape index (κ2) is 6.27. The second-order valence-electron chi connectivity index (χ2n) is 5.74. The van der Waals surface area contributed by atoms with Gasteiger partial charge in [0.05, 0.1) is 6.54 Å². The van der Waals surface area contributed by atoms with E-state index in [1.165, 1.54) is 0 Å². The maximum absolute atomic E-state index is 11.2. The summed E-state index contributed by atoms with van der Waals surface area (Å²) >= 11 is 0. The number of benzene rings is 1. The van der Waals surface area contributed by atoms with Gasteiger partial charge in [0.15, 0.2) is 17.6 Å². The minimum Gasteiger partial charge on any atom is -0.485 e. The van der Waals surface area contributed by atoms with Crippen molar-refractivity contribution < 1.29 is 14.3 Å². The first kappa shape index (κ1) is 15.2. The quantitative estimate of drug-likeness (QED) is 0.786. The number of aromatic nitrogens is 3. The summed E-state index contributed by atoms with van der Waals surface area (Å²) in [4.78, 5) is 15.2. The first-order chi connectivity index (χ1) is 12.2. The van der Waals surface area contributed by atoms with Crippen LogP contribution < -0.4 is 15.2 Å². The molecule has 126 valence electrons. The number of nitrogens with two attached hydrogens (primary N) is 1. The number of primary amides is 1. The molecule has 0 radical (unpaired) electrons. The van der Waals surface area contributed by atoms with Crippen molar-refractivity contribution >= 4 is 5.91 Å². The lowest BCUT2D eigenvalue weighted by Crippen LogP contribution is -2.23. The van der Waals surface area contributed by atoms with E-state index in [1.54, 1.807) is 30.6 Å². The predicted molar refractivity (Wildman–Crippen MR) is 89.4 cm³/mol. The number of amides is 1. The molecule has 1 amide bonds. The van der Waals surface area contributed by atoms with Gasteiger partial charge in [-0.1, -0.05) is 0 Å². The molecule has 4 rings (SSSR count). The van der Waals surface area contributed by atoms with E-state index in [4.69, 9.17) is 15.2 Å². The summed E-state index contributed by atoms with van der Waals surface area (Å²) in [5.74, 6) is 0.595. The van der Waals surface area contributed by atoms with Gasteiger partial charge in [0.1, 0.15) is 12.3 Å². The van der Waals surface area contributed by atoms with Crippen LogP contribution in [0.4, 0.5) is 0 Å². The molecule has 7 heteroatoms. The van der Waals surface area contributed by atoms with Gasteiger partial charge in [-0.05, 0) is 42.0 Å². The van der Waals surface area contributed by atoms with Crippen molar-refractivity contribution in [3.63, 3.8) is 0 Å². The third-order valence-corrected chi connectivity index (χ3v) is 3.97. The number of carbonyl (C=O) groups is 1. The average molecular weight is 336 g/mol. The normalized spacial score (nSPS) is 15.8. The topological polar surface area (TPSA) is 92.3 Å². The summed E-state index contributed by atoms with van der Waals surface area (Å²) in [6, 6.07) is 10.7. The molecular weight excluding hydrogens is 320 g/mol. The Morgan fingerprint density at radius 3 is 2.84 bits per heavy atom. The van der Waals surface area contributed by atoms with E-state index in [0.29, 0.717) is 30.2 Å². The van der Waals surface area contributed by atoms with Gasteiger partial charge in [-0.15, -0.1) is 0 Å². The van der Waals surface area contributed by atoms with Crippen LogP contribution in [0.25, 0.3) is 0 Å². The van der Waals surface area contributed by atoms with E-state index < -0.39 is 5.91 Å². The fraction of sp³-hybridized carbons (Fsp3) is 0.167. The molecule has 3 aromatic rings. The maximum Gasteiger partial charge on any atom is 0.248 e. The molecule has 3 heterocycles. The minimum atomic E-state index is -0.497. The fourth-order valence-electron chi connectivity index (χ4n) is 2.68. The average Bonchev–Trinajstić information content (AvgIpc) is 3.10. The minimum absolute atomic E-state index is 0.300. The molecular formula is C18H16N4O3. The van der Waals surface area contributed by atoms with Gasteiger partial charge in [0.2, 0.25) is 5.91 Å². The van der Waals surface area contributed by atoms with Crippen LogP contribution in [0.3, 0.4) is 0 Å². The lowest BCUT2D eigenvalue weighted by Gasteiger charge is -2.25. The number of ether oxygens (including phenoxy) is 2. The van der Waals surface area contributed by atoms with Gasteiger partial charge in [-0.3, -0.25) is 14.5 Å². The van der Waals surface area contributed by atoms with Gasteiger partial charge in [-0.25, -0.2) is 0 Å². The number of rotatable bonds is 4. The monoisotopic (exact) mass is 336 g/mol. The highest BCUT2D eigenvalue weighted by Gasteiger charge is 2.25.